The number of hydrogen-bond donors (Lipinski definition) is 2. The van der Waals surface area contributed by atoms with Gasteiger partial charge in [0, 0.05) is 18.7 Å². The lowest BCUT2D eigenvalue weighted by Crippen LogP contribution is -2.33. The molecule has 1 aromatic rings. The van der Waals surface area contributed by atoms with E-state index in [0.717, 1.165) is 5.56 Å². The molecule has 1 unspecified atom stereocenters. The average Bonchev–Trinajstić information content (AvgIpc) is 2.83. The predicted molar refractivity (Wildman–Crippen MR) is 75.0 cm³/mol. The Morgan fingerprint density at radius 2 is 2.16 bits per heavy atom. The maximum Gasteiger partial charge on any atom is 0.260 e. The number of carbonyl (C=O) groups is 1. The summed E-state index contributed by atoms with van der Waals surface area (Å²) in [5.41, 5.74) is 6.25. The summed E-state index contributed by atoms with van der Waals surface area (Å²) < 4.78 is 5.39. The van der Waals surface area contributed by atoms with Crippen LogP contribution in [0, 0.1) is 0 Å². The minimum absolute atomic E-state index is 0.0286. The molecule has 1 atom stereocenters. The molecule has 0 spiro atoms. The fourth-order valence-corrected chi connectivity index (χ4v) is 2.06. The molecule has 1 fully saturated rings. The Bertz CT molecular complexity index is 475. The highest BCUT2D eigenvalue weighted by Crippen LogP contribution is 2.13. The van der Waals surface area contributed by atoms with Crippen molar-refractivity contribution in [1.82, 2.24) is 4.90 Å². The van der Waals surface area contributed by atoms with Gasteiger partial charge in [0.25, 0.3) is 5.91 Å². The number of aliphatic hydroxyl groups is 1. The molecule has 19 heavy (non-hydrogen) atoms. The van der Waals surface area contributed by atoms with Gasteiger partial charge >= 0.3 is 0 Å². The average molecular weight is 280 g/mol. The second kappa shape index (κ2) is 5.99. The normalized spacial score (nSPS) is 18.4. The van der Waals surface area contributed by atoms with Crippen molar-refractivity contribution in [3.8, 4) is 5.75 Å². The summed E-state index contributed by atoms with van der Waals surface area (Å²) in [6.45, 7) is 0.950. The van der Waals surface area contributed by atoms with E-state index in [4.69, 9.17) is 22.7 Å². The van der Waals surface area contributed by atoms with E-state index in [1.165, 1.54) is 0 Å². The zero-order valence-electron chi connectivity index (χ0n) is 10.4. The topological polar surface area (TPSA) is 75.8 Å². The Hall–Kier alpha value is -1.66. The fourth-order valence-electron chi connectivity index (χ4n) is 1.92. The molecule has 1 amide bonds. The van der Waals surface area contributed by atoms with Crippen LogP contribution in [0.5, 0.6) is 5.75 Å². The Kier molecular flexibility index (Phi) is 4.34. The Morgan fingerprint density at radius 1 is 1.47 bits per heavy atom. The van der Waals surface area contributed by atoms with Crippen LogP contribution in [-0.4, -0.2) is 46.7 Å². The number of benzene rings is 1. The third-order valence-electron chi connectivity index (χ3n) is 3.02. The summed E-state index contributed by atoms with van der Waals surface area (Å²) in [5, 5.41) is 9.36. The molecule has 1 aliphatic rings. The summed E-state index contributed by atoms with van der Waals surface area (Å²) in [5.74, 6) is 0.475. The van der Waals surface area contributed by atoms with Crippen LogP contribution in [0.15, 0.2) is 24.3 Å². The van der Waals surface area contributed by atoms with Crippen LogP contribution < -0.4 is 10.5 Å². The van der Waals surface area contributed by atoms with Crippen LogP contribution >= 0.6 is 12.2 Å². The van der Waals surface area contributed by atoms with Crippen molar-refractivity contribution in [3.63, 3.8) is 0 Å². The number of carbonyl (C=O) groups excluding carboxylic acids is 1. The zero-order valence-corrected chi connectivity index (χ0v) is 11.2. The standard InChI is InChI=1S/C13H16N2O3S/c14-13(19)9-1-3-11(4-2-9)18-8-12(17)15-6-5-10(16)7-15/h1-4,10,16H,5-8H2,(H2,14,19). The minimum atomic E-state index is -0.409. The predicted octanol–water partition coefficient (Wildman–Crippen LogP) is 0.293. The van der Waals surface area contributed by atoms with Gasteiger partial charge in [0.2, 0.25) is 0 Å². The quantitative estimate of drug-likeness (QED) is 0.776. The summed E-state index contributed by atoms with van der Waals surface area (Å²) in [6, 6.07) is 6.95. The van der Waals surface area contributed by atoms with Gasteiger partial charge in [0.1, 0.15) is 10.7 Å². The molecule has 6 heteroatoms. The maximum atomic E-state index is 11.8. The number of aliphatic hydroxyl groups excluding tert-OH is 1. The molecule has 1 aromatic carbocycles. The van der Waals surface area contributed by atoms with Gasteiger partial charge in [-0.3, -0.25) is 4.79 Å². The van der Waals surface area contributed by atoms with Gasteiger partial charge in [-0.05, 0) is 30.7 Å². The van der Waals surface area contributed by atoms with E-state index in [9.17, 15) is 9.90 Å². The lowest BCUT2D eigenvalue weighted by Gasteiger charge is -2.15. The van der Waals surface area contributed by atoms with Crippen molar-refractivity contribution in [2.45, 2.75) is 12.5 Å². The zero-order chi connectivity index (χ0) is 13.8. The molecular weight excluding hydrogens is 264 g/mol. The fraction of sp³-hybridized carbons (Fsp3) is 0.385. The molecule has 2 rings (SSSR count). The maximum absolute atomic E-state index is 11.8. The first-order valence-corrected chi connectivity index (χ1v) is 6.45. The number of ether oxygens (including phenoxy) is 1. The molecule has 0 aliphatic carbocycles. The van der Waals surface area contributed by atoms with Gasteiger partial charge in [0.05, 0.1) is 6.10 Å². The Balaban J connectivity index is 1.85. The molecule has 1 saturated heterocycles. The van der Waals surface area contributed by atoms with E-state index in [1.54, 1.807) is 29.2 Å². The smallest absolute Gasteiger partial charge is 0.260 e. The molecule has 0 aromatic heterocycles. The van der Waals surface area contributed by atoms with Gasteiger partial charge in [-0.15, -0.1) is 0 Å². The monoisotopic (exact) mass is 280 g/mol. The number of rotatable bonds is 4. The lowest BCUT2D eigenvalue weighted by atomic mass is 10.2. The van der Waals surface area contributed by atoms with Crippen molar-refractivity contribution in [1.29, 1.82) is 0 Å². The number of nitrogens with two attached hydrogens (primary N) is 1. The number of amides is 1. The molecule has 5 nitrogen and oxygen atoms in total. The number of β-amino-alcohol motifs (C(OH)–C–C–N with tert-alkyl or cyclic N) is 1. The summed E-state index contributed by atoms with van der Waals surface area (Å²) in [7, 11) is 0. The van der Waals surface area contributed by atoms with E-state index < -0.39 is 6.10 Å². The number of likely N-dealkylation sites (tertiary alicyclic amines) is 1. The van der Waals surface area contributed by atoms with Crippen LogP contribution in [0.3, 0.4) is 0 Å². The summed E-state index contributed by atoms with van der Waals surface area (Å²) in [4.78, 5) is 13.7. The number of thiocarbonyl (C=S) groups is 1. The first-order valence-electron chi connectivity index (χ1n) is 6.05. The van der Waals surface area contributed by atoms with E-state index in [1.807, 2.05) is 0 Å². The van der Waals surface area contributed by atoms with Crippen LogP contribution in [0.1, 0.15) is 12.0 Å². The van der Waals surface area contributed by atoms with E-state index in [2.05, 4.69) is 0 Å². The van der Waals surface area contributed by atoms with Gasteiger partial charge in [-0.25, -0.2) is 0 Å². The highest BCUT2D eigenvalue weighted by Gasteiger charge is 2.24. The number of nitrogens with zero attached hydrogens (tertiary/aromatic N) is 1. The van der Waals surface area contributed by atoms with Crippen molar-refractivity contribution in [2.24, 2.45) is 5.73 Å². The second-order valence-electron chi connectivity index (χ2n) is 4.46. The van der Waals surface area contributed by atoms with Gasteiger partial charge in [-0.2, -0.15) is 0 Å². The summed E-state index contributed by atoms with van der Waals surface area (Å²) in [6.07, 6.45) is 0.225. The van der Waals surface area contributed by atoms with Crippen LogP contribution in [0.4, 0.5) is 0 Å². The van der Waals surface area contributed by atoms with E-state index in [-0.39, 0.29) is 12.5 Å². The van der Waals surface area contributed by atoms with Crippen LogP contribution in [0.25, 0.3) is 0 Å². The minimum Gasteiger partial charge on any atom is -0.484 e. The molecule has 102 valence electrons. The molecule has 1 heterocycles. The molecule has 0 radical (unpaired) electrons. The Labute approximate surface area is 117 Å². The van der Waals surface area contributed by atoms with Gasteiger partial charge in [-0.1, -0.05) is 12.2 Å². The van der Waals surface area contributed by atoms with Gasteiger partial charge in [0.15, 0.2) is 6.61 Å². The molecular formula is C13H16N2O3S. The molecule has 3 N–H and O–H groups in total. The lowest BCUT2D eigenvalue weighted by molar-refractivity contribution is -0.132. The van der Waals surface area contributed by atoms with Crippen LogP contribution in [-0.2, 0) is 4.79 Å². The molecule has 1 aliphatic heterocycles. The summed E-state index contributed by atoms with van der Waals surface area (Å²) >= 11 is 4.85. The van der Waals surface area contributed by atoms with Crippen molar-refractivity contribution < 1.29 is 14.6 Å². The highest BCUT2D eigenvalue weighted by atomic mass is 32.1. The van der Waals surface area contributed by atoms with Gasteiger partial charge < -0.3 is 20.5 Å². The van der Waals surface area contributed by atoms with Crippen molar-refractivity contribution in [3.05, 3.63) is 29.8 Å². The SMILES string of the molecule is NC(=S)c1ccc(OCC(=O)N2CCC(O)C2)cc1. The van der Waals surface area contributed by atoms with Crippen molar-refractivity contribution >= 4 is 23.1 Å². The molecule has 0 bridgehead atoms. The Morgan fingerprint density at radius 3 is 2.68 bits per heavy atom. The first-order chi connectivity index (χ1) is 9.06. The van der Waals surface area contributed by atoms with E-state index in [0.29, 0.717) is 30.2 Å². The highest BCUT2D eigenvalue weighted by molar-refractivity contribution is 7.80. The molecule has 0 saturated carbocycles. The third-order valence-corrected chi connectivity index (χ3v) is 3.25. The third kappa shape index (κ3) is 3.65. The second-order valence-corrected chi connectivity index (χ2v) is 4.90. The van der Waals surface area contributed by atoms with Crippen molar-refractivity contribution in [2.75, 3.05) is 19.7 Å². The largest absolute Gasteiger partial charge is 0.484 e. The van der Waals surface area contributed by atoms with E-state index >= 15 is 0 Å². The number of hydrogen-bond acceptors (Lipinski definition) is 4. The first kappa shape index (κ1) is 13.8. The van der Waals surface area contributed by atoms with Crippen LogP contribution in [0.2, 0.25) is 0 Å².